The van der Waals surface area contributed by atoms with Gasteiger partial charge in [0, 0.05) is 56.2 Å². The second-order valence-corrected chi connectivity index (χ2v) is 11.7. The van der Waals surface area contributed by atoms with Crippen LogP contribution in [-0.2, 0) is 4.43 Å². The molecule has 0 saturated heterocycles. The maximum absolute atomic E-state index is 6.02. The summed E-state index contributed by atoms with van der Waals surface area (Å²) in [5, 5.41) is 0. The van der Waals surface area contributed by atoms with Crippen molar-refractivity contribution in [1.29, 1.82) is 0 Å². The first-order valence-electron chi connectivity index (χ1n) is 7.76. The van der Waals surface area contributed by atoms with E-state index in [0.717, 1.165) is 13.0 Å². The zero-order chi connectivity index (χ0) is 14.6. The van der Waals surface area contributed by atoms with Gasteiger partial charge in [-0.05, 0) is 37.9 Å². The van der Waals surface area contributed by atoms with Crippen LogP contribution in [0.25, 0.3) is 0 Å². The predicted molar refractivity (Wildman–Crippen MR) is 102 cm³/mol. The summed E-state index contributed by atoms with van der Waals surface area (Å²) in [6.07, 6.45) is 20.5. The van der Waals surface area contributed by atoms with E-state index in [0.29, 0.717) is 11.8 Å². The molecule has 0 fully saturated rings. The predicted octanol–water partition coefficient (Wildman–Crippen LogP) is 4.35. The average Bonchev–Trinajstić information content (AvgIpc) is 3.04. The number of hydrogen-bond donors (Lipinski definition) is 0. The molecule has 2 aliphatic carbocycles. The first-order chi connectivity index (χ1) is 9.42. The minimum atomic E-state index is -1.37. The van der Waals surface area contributed by atoms with Crippen molar-refractivity contribution in [3.05, 3.63) is 48.6 Å². The van der Waals surface area contributed by atoms with Crippen molar-refractivity contribution in [2.75, 3.05) is 6.61 Å². The fourth-order valence-electron chi connectivity index (χ4n) is 3.13. The van der Waals surface area contributed by atoms with E-state index in [9.17, 15) is 0 Å². The molecule has 0 amide bonds. The van der Waals surface area contributed by atoms with Gasteiger partial charge < -0.3 is 4.43 Å². The molecule has 2 rings (SSSR count). The molecule has 0 aromatic carbocycles. The van der Waals surface area contributed by atoms with Crippen LogP contribution in [0.2, 0.25) is 19.6 Å². The first-order valence-corrected chi connectivity index (χ1v) is 11.2. The third kappa shape index (κ3) is 6.09. The van der Waals surface area contributed by atoms with Crippen LogP contribution >= 0.6 is 0 Å². The molecule has 0 N–H and O–H groups in total. The molecule has 22 heavy (non-hydrogen) atoms. The van der Waals surface area contributed by atoms with Crippen molar-refractivity contribution >= 4 is 46.0 Å². The van der Waals surface area contributed by atoms with Crippen LogP contribution in [0.15, 0.2) is 48.6 Å². The van der Waals surface area contributed by atoms with Crippen molar-refractivity contribution in [2.45, 2.75) is 39.4 Å². The topological polar surface area (TPSA) is 9.23 Å². The molecular formula is C18H28Li2OSi. The quantitative estimate of drug-likeness (QED) is 0.502. The Morgan fingerprint density at radius 2 is 1.27 bits per heavy atom. The van der Waals surface area contributed by atoms with E-state index in [4.69, 9.17) is 4.43 Å². The summed E-state index contributed by atoms with van der Waals surface area (Å²) in [6, 6.07) is 0. The molecule has 0 saturated carbocycles. The van der Waals surface area contributed by atoms with Gasteiger partial charge in [0.25, 0.3) is 0 Å². The summed E-state index contributed by atoms with van der Waals surface area (Å²) in [7, 11) is -1.37. The van der Waals surface area contributed by atoms with Gasteiger partial charge in [-0.2, -0.15) is 0 Å². The molecule has 0 aromatic rings. The minimum absolute atomic E-state index is 0. The SMILES string of the molecule is CC(CCCO[Si](C)(C)C)(C1C=CC=C1)C1C=CC=C1.[Li].[Li]. The zero-order valence-electron chi connectivity index (χ0n) is 15.3. The summed E-state index contributed by atoms with van der Waals surface area (Å²) >= 11 is 0. The molecule has 0 spiro atoms. The maximum atomic E-state index is 6.02. The van der Waals surface area contributed by atoms with Gasteiger partial charge in [-0.15, -0.1) is 0 Å². The summed E-state index contributed by atoms with van der Waals surface area (Å²) in [6.45, 7) is 10.1. The fraction of sp³-hybridized carbons (Fsp3) is 0.556. The summed E-state index contributed by atoms with van der Waals surface area (Å²) in [4.78, 5) is 0. The fourth-order valence-corrected chi connectivity index (χ4v) is 3.89. The van der Waals surface area contributed by atoms with Crippen LogP contribution in [0.5, 0.6) is 0 Å². The Bertz CT molecular complexity index is 394. The Labute approximate surface area is 161 Å². The van der Waals surface area contributed by atoms with Crippen LogP contribution in [0.1, 0.15) is 19.8 Å². The van der Waals surface area contributed by atoms with Gasteiger partial charge in [0.15, 0.2) is 8.32 Å². The Morgan fingerprint density at radius 1 is 0.864 bits per heavy atom. The number of allylic oxidation sites excluding steroid dienone is 8. The standard InChI is InChI=1S/C18H28OSi.2Li/c1-18(16-10-5-6-11-16,17-12-7-8-13-17)14-9-15-19-20(2,3)4;;/h5-8,10-13,16-17H,9,14-15H2,1-4H3;;. The molecular weight excluding hydrogens is 274 g/mol. The molecule has 0 aromatic heterocycles. The monoisotopic (exact) mass is 302 g/mol. The van der Waals surface area contributed by atoms with E-state index in [1.807, 2.05) is 0 Å². The van der Waals surface area contributed by atoms with Gasteiger partial charge in [0.05, 0.1) is 0 Å². The maximum Gasteiger partial charge on any atom is 0.183 e. The first kappa shape index (κ1) is 22.3. The third-order valence-corrected chi connectivity index (χ3v) is 5.48. The molecule has 2 aliphatic rings. The summed E-state index contributed by atoms with van der Waals surface area (Å²) < 4.78 is 6.02. The van der Waals surface area contributed by atoms with E-state index >= 15 is 0 Å². The van der Waals surface area contributed by atoms with Gasteiger partial charge in [-0.1, -0.05) is 55.5 Å². The van der Waals surface area contributed by atoms with Crippen LogP contribution < -0.4 is 0 Å². The molecule has 0 aliphatic heterocycles. The van der Waals surface area contributed by atoms with Crippen LogP contribution in [0, 0.1) is 17.3 Å². The van der Waals surface area contributed by atoms with Gasteiger partial charge in [0.1, 0.15) is 0 Å². The normalized spacial score (nSPS) is 17.8. The average molecular weight is 302 g/mol. The molecule has 0 heterocycles. The van der Waals surface area contributed by atoms with E-state index < -0.39 is 8.32 Å². The van der Waals surface area contributed by atoms with Crippen molar-refractivity contribution in [3.8, 4) is 0 Å². The van der Waals surface area contributed by atoms with Crippen LogP contribution in [0.3, 0.4) is 0 Å². The van der Waals surface area contributed by atoms with E-state index in [1.165, 1.54) is 6.42 Å². The van der Waals surface area contributed by atoms with Gasteiger partial charge in [-0.25, -0.2) is 0 Å². The second kappa shape index (κ2) is 9.58. The summed E-state index contributed by atoms with van der Waals surface area (Å²) in [5.74, 6) is 1.10. The van der Waals surface area contributed by atoms with Crippen molar-refractivity contribution in [3.63, 3.8) is 0 Å². The largest absolute Gasteiger partial charge is 0.418 e. The van der Waals surface area contributed by atoms with Crippen molar-refractivity contribution in [1.82, 2.24) is 0 Å². The number of hydrogen-bond acceptors (Lipinski definition) is 1. The van der Waals surface area contributed by atoms with E-state index in [-0.39, 0.29) is 43.1 Å². The molecule has 4 heteroatoms. The van der Waals surface area contributed by atoms with Gasteiger partial charge >= 0.3 is 0 Å². The Balaban J connectivity index is 0.00000220. The van der Waals surface area contributed by atoms with Crippen LogP contribution in [-0.4, -0.2) is 52.6 Å². The zero-order valence-corrected chi connectivity index (χ0v) is 16.3. The molecule has 0 unspecified atom stereocenters. The van der Waals surface area contributed by atoms with Crippen molar-refractivity contribution in [2.24, 2.45) is 17.3 Å². The van der Waals surface area contributed by atoms with Gasteiger partial charge in [0.2, 0.25) is 0 Å². The molecule has 0 atom stereocenters. The Kier molecular flexibility index (Phi) is 9.73. The van der Waals surface area contributed by atoms with Crippen molar-refractivity contribution < 1.29 is 4.43 Å². The van der Waals surface area contributed by atoms with Gasteiger partial charge in [-0.3, -0.25) is 0 Å². The molecule has 0 bridgehead atoms. The molecule has 1 nitrogen and oxygen atoms in total. The number of rotatable bonds is 7. The second-order valence-electron chi connectivity index (χ2n) is 7.16. The minimum Gasteiger partial charge on any atom is -0.418 e. The van der Waals surface area contributed by atoms with Crippen LogP contribution in [0.4, 0.5) is 0 Å². The van der Waals surface area contributed by atoms with E-state index in [1.54, 1.807) is 0 Å². The summed E-state index contributed by atoms with van der Waals surface area (Å²) in [5.41, 5.74) is 0.274. The Morgan fingerprint density at radius 3 is 1.64 bits per heavy atom. The third-order valence-electron chi connectivity index (χ3n) is 4.41. The Hall–Kier alpha value is 0.332. The molecule has 2 radical (unpaired) electrons. The van der Waals surface area contributed by atoms with E-state index in [2.05, 4.69) is 75.2 Å². The molecule has 112 valence electrons. The smallest absolute Gasteiger partial charge is 0.183 e.